The van der Waals surface area contributed by atoms with E-state index in [9.17, 15) is 4.79 Å². The normalized spacial score (nSPS) is 13.1. The molecular formula is C14H14N2O2. The minimum atomic E-state index is 0.0525. The molecule has 0 radical (unpaired) electrons. The summed E-state index contributed by atoms with van der Waals surface area (Å²) in [6, 6.07) is 6.16. The van der Waals surface area contributed by atoms with E-state index in [1.54, 1.807) is 12.4 Å². The average Bonchev–Trinajstić information content (AvgIpc) is 3.05. The van der Waals surface area contributed by atoms with Gasteiger partial charge < -0.3 is 9.72 Å². The van der Waals surface area contributed by atoms with Gasteiger partial charge in [-0.2, -0.15) is 0 Å². The molecule has 3 rings (SSSR count). The van der Waals surface area contributed by atoms with Crippen LogP contribution in [0.3, 0.4) is 0 Å². The highest BCUT2D eigenvalue weighted by Crippen LogP contribution is 2.26. The van der Waals surface area contributed by atoms with Gasteiger partial charge >= 0.3 is 0 Å². The molecular weight excluding hydrogens is 228 g/mol. The van der Waals surface area contributed by atoms with E-state index in [-0.39, 0.29) is 5.78 Å². The molecule has 1 aromatic carbocycles. The Balaban J connectivity index is 1.65. The predicted octanol–water partition coefficient (Wildman–Crippen LogP) is 2.16. The van der Waals surface area contributed by atoms with E-state index < -0.39 is 0 Å². The summed E-state index contributed by atoms with van der Waals surface area (Å²) >= 11 is 0. The van der Waals surface area contributed by atoms with Gasteiger partial charge in [0.1, 0.15) is 5.75 Å². The molecule has 0 aliphatic carbocycles. The molecule has 18 heavy (non-hydrogen) atoms. The van der Waals surface area contributed by atoms with Crippen LogP contribution in [0.25, 0.3) is 0 Å². The molecule has 2 heterocycles. The van der Waals surface area contributed by atoms with Crippen molar-refractivity contribution in [2.45, 2.75) is 19.3 Å². The van der Waals surface area contributed by atoms with Crippen LogP contribution < -0.4 is 4.74 Å². The van der Waals surface area contributed by atoms with Crippen LogP contribution in [0.5, 0.6) is 5.75 Å². The number of H-pyrrole nitrogens is 1. The van der Waals surface area contributed by atoms with Gasteiger partial charge in [0, 0.05) is 25.2 Å². The summed E-state index contributed by atoms with van der Waals surface area (Å²) < 4.78 is 5.46. The van der Waals surface area contributed by atoms with Crippen molar-refractivity contribution in [3.05, 3.63) is 47.5 Å². The number of ketones is 1. The minimum absolute atomic E-state index is 0.0525. The third kappa shape index (κ3) is 2.14. The maximum absolute atomic E-state index is 11.8. The summed E-state index contributed by atoms with van der Waals surface area (Å²) in [6.07, 6.45) is 5.45. The fraction of sp³-hybridized carbons (Fsp3) is 0.286. The number of nitrogens with one attached hydrogen (secondary N) is 1. The molecule has 0 fully saturated rings. The van der Waals surface area contributed by atoms with E-state index in [1.807, 2.05) is 12.1 Å². The Hall–Kier alpha value is -2.10. The molecule has 1 aromatic heterocycles. The third-order valence-electron chi connectivity index (χ3n) is 3.16. The van der Waals surface area contributed by atoms with Crippen molar-refractivity contribution in [3.8, 4) is 5.75 Å². The Morgan fingerprint density at radius 1 is 1.44 bits per heavy atom. The lowest BCUT2D eigenvalue weighted by Gasteiger charge is -2.03. The number of aryl methyl sites for hydroxylation is 1. The third-order valence-corrected chi connectivity index (χ3v) is 3.16. The van der Waals surface area contributed by atoms with Crippen LogP contribution in [0.2, 0.25) is 0 Å². The maximum atomic E-state index is 11.8. The summed E-state index contributed by atoms with van der Waals surface area (Å²) in [5.41, 5.74) is 2.43. The molecule has 0 atom stereocenters. The smallest absolute Gasteiger partial charge is 0.198 e. The number of rotatable bonds is 4. The van der Waals surface area contributed by atoms with Gasteiger partial charge in [0.05, 0.1) is 6.61 Å². The van der Waals surface area contributed by atoms with Crippen LogP contribution in [0.4, 0.5) is 0 Å². The number of aromatic nitrogens is 2. The molecule has 0 saturated heterocycles. The van der Waals surface area contributed by atoms with Gasteiger partial charge in [-0.05, 0) is 23.6 Å². The zero-order valence-electron chi connectivity index (χ0n) is 9.98. The highest BCUT2D eigenvalue weighted by Gasteiger charge is 2.13. The number of hydrogen-bond acceptors (Lipinski definition) is 3. The van der Waals surface area contributed by atoms with Crippen molar-refractivity contribution in [3.63, 3.8) is 0 Å². The number of aromatic amines is 1. The molecule has 2 aromatic rings. The van der Waals surface area contributed by atoms with E-state index in [0.717, 1.165) is 25.2 Å². The molecule has 4 heteroatoms. The first-order valence-corrected chi connectivity index (χ1v) is 6.10. The Kier molecular flexibility index (Phi) is 2.84. The van der Waals surface area contributed by atoms with Crippen LogP contribution in [-0.2, 0) is 12.8 Å². The number of nitrogens with zero attached hydrogens (tertiary/aromatic N) is 1. The maximum Gasteiger partial charge on any atom is 0.198 e. The number of hydrogen-bond donors (Lipinski definition) is 1. The van der Waals surface area contributed by atoms with E-state index >= 15 is 0 Å². The van der Waals surface area contributed by atoms with Crippen LogP contribution >= 0.6 is 0 Å². The average molecular weight is 242 g/mol. The van der Waals surface area contributed by atoms with E-state index in [2.05, 4.69) is 16.0 Å². The summed E-state index contributed by atoms with van der Waals surface area (Å²) in [7, 11) is 0. The van der Waals surface area contributed by atoms with Crippen molar-refractivity contribution in [1.82, 2.24) is 9.97 Å². The zero-order chi connectivity index (χ0) is 12.4. The number of benzene rings is 1. The summed E-state index contributed by atoms with van der Waals surface area (Å²) in [5, 5.41) is 0. The number of carbonyl (C=O) groups is 1. The van der Waals surface area contributed by atoms with Crippen molar-refractivity contribution in [2.24, 2.45) is 0 Å². The van der Waals surface area contributed by atoms with Crippen LogP contribution in [0.1, 0.15) is 28.2 Å². The van der Waals surface area contributed by atoms with Crippen molar-refractivity contribution in [1.29, 1.82) is 0 Å². The van der Waals surface area contributed by atoms with Crippen molar-refractivity contribution < 1.29 is 9.53 Å². The number of ether oxygens (including phenoxy) is 1. The molecule has 1 aliphatic heterocycles. The fourth-order valence-electron chi connectivity index (χ4n) is 2.19. The van der Waals surface area contributed by atoms with Crippen LogP contribution in [-0.4, -0.2) is 22.4 Å². The van der Waals surface area contributed by atoms with Gasteiger partial charge in [0.2, 0.25) is 0 Å². The standard InChI is InChI=1S/C14H14N2O2/c17-12(14-15-6-7-16-14)3-1-10-2-4-13-11(9-10)5-8-18-13/h2,4,6-7,9H,1,3,5,8H2,(H,15,16). The van der Waals surface area contributed by atoms with E-state index in [1.165, 1.54) is 11.1 Å². The lowest BCUT2D eigenvalue weighted by atomic mass is 10.0. The second-order valence-electron chi connectivity index (χ2n) is 4.40. The Morgan fingerprint density at radius 3 is 3.22 bits per heavy atom. The highest BCUT2D eigenvalue weighted by molar-refractivity contribution is 5.92. The fourth-order valence-corrected chi connectivity index (χ4v) is 2.19. The first kappa shape index (κ1) is 11.0. The Labute approximate surface area is 105 Å². The summed E-state index contributed by atoms with van der Waals surface area (Å²) in [6.45, 7) is 0.768. The Morgan fingerprint density at radius 2 is 2.39 bits per heavy atom. The van der Waals surface area contributed by atoms with Crippen LogP contribution in [0.15, 0.2) is 30.6 Å². The van der Waals surface area contributed by atoms with Gasteiger partial charge in [0.15, 0.2) is 11.6 Å². The molecule has 0 unspecified atom stereocenters. The molecule has 0 bridgehead atoms. The van der Waals surface area contributed by atoms with E-state index in [4.69, 9.17) is 4.74 Å². The van der Waals surface area contributed by atoms with Crippen LogP contribution in [0, 0.1) is 0 Å². The largest absolute Gasteiger partial charge is 0.493 e. The topological polar surface area (TPSA) is 55.0 Å². The van der Waals surface area contributed by atoms with Gasteiger partial charge in [-0.1, -0.05) is 12.1 Å². The predicted molar refractivity (Wildman–Crippen MR) is 66.9 cm³/mol. The molecule has 92 valence electrons. The number of carbonyl (C=O) groups excluding carboxylic acids is 1. The highest BCUT2D eigenvalue weighted by atomic mass is 16.5. The monoisotopic (exact) mass is 242 g/mol. The van der Waals surface area contributed by atoms with Gasteiger partial charge in [-0.3, -0.25) is 4.79 Å². The quantitative estimate of drug-likeness (QED) is 0.836. The lowest BCUT2D eigenvalue weighted by molar-refractivity contribution is 0.0974. The van der Waals surface area contributed by atoms with Gasteiger partial charge in [-0.15, -0.1) is 0 Å². The number of Topliss-reactive ketones (excluding diaryl/α,β-unsaturated/α-hetero) is 1. The molecule has 0 saturated carbocycles. The second-order valence-corrected chi connectivity index (χ2v) is 4.40. The lowest BCUT2D eigenvalue weighted by Crippen LogP contribution is -2.03. The number of fused-ring (bicyclic) bond motifs is 1. The summed E-state index contributed by atoms with van der Waals surface area (Å²) in [4.78, 5) is 18.6. The Bertz CT molecular complexity index is 561. The SMILES string of the molecule is O=C(CCc1ccc2c(c1)CCO2)c1ncc[nH]1. The van der Waals surface area contributed by atoms with Crippen molar-refractivity contribution >= 4 is 5.78 Å². The first-order valence-electron chi connectivity index (χ1n) is 6.10. The number of imidazole rings is 1. The molecule has 4 nitrogen and oxygen atoms in total. The summed E-state index contributed by atoms with van der Waals surface area (Å²) in [5.74, 6) is 1.48. The van der Waals surface area contributed by atoms with Gasteiger partial charge in [-0.25, -0.2) is 4.98 Å². The second kappa shape index (κ2) is 4.64. The first-order chi connectivity index (χ1) is 8.83. The molecule has 1 N–H and O–H groups in total. The van der Waals surface area contributed by atoms with E-state index in [0.29, 0.717) is 12.2 Å². The minimum Gasteiger partial charge on any atom is -0.493 e. The molecule has 1 aliphatic rings. The molecule has 0 amide bonds. The zero-order valence-corrected chi connectivity index (χ0v) is 9.98. The molecule has 0 spiro atoms. The van der Waals surface area contributed by atoms with Crippen molar-refractivity contribution in [2.75, 3.05) is 6.61 Å². The van der Waals surface area contributed by atoms with Gasteiger partial charge in [0.25, 0.3) is 0 Å².